The van der Waals surface area contributed by atoms with E-state index in [-0.39, 0.29) is 6.09 Å². The minimum absolute atomic E-state index is 0.375. The molecule has 0 radical (unpaired) electrons. The molecule has 1 aromatic carbocycles. The number of hydrogen-bond donors (Lipinski definition) is 0. The average molecular weight is 370 g/mol. The van der Waals surface area contributed by atoms with E-state index in [1.165, 1.54) is 4.90 Å². The second kappa shape index (κ2) is 7.19. The smallest absolute Gasteiger partial charge is 0.410 e. The Morgan fingerprint density at radius 1 is 1.29 bits per heavy atom. The second-order valence-corrected chi connectivity index (χ2v) is 12.6. The van der Waals surface area contributed by atoms with E-state index >= 15 is 0 Å². The van der Waals surface area contributed by atoms with Crippen LogP contribution in [-0.4, -0.2) is 23.6 Å². The van der Waals surface area contributed by atoms with Crippen LogP contribution in [0.2, 0.25) is 0 Å². The largest absolute Gasteiger partial charge is 0.444 e. The zero-order valence-electron chi connectivity index (χ0n) is 12.3. The first-order chi connectivity index (χ1) is 9.46. The number of amides is 1. The highest BCUT2D eigenvalue weighted by Gasteiger charge is 2.19. The van der Waals surface area contributed by atoms with Gasteiger partial charge in [0.2, 0.25) is 0 Å². The van der Waals surface area contributed by atoms with E-state index < -0.39 is 10.6 Å². The van der Waals surface area contributed by atoms with Crippen LogP contribution in [0.5, 0.6) is 5.75 Å². The molecule has 0 fully saturated rings. The molecule has 0 unspecified atom stereocenters. The minimum atomic E-state index is -2.78. The summed E-state index contributed by atoms with van der Waals surface area (Å²) >= 11 is 16.2. The van der Waals surface area contributed by atoms with Crippen molar-refractivity contribution in [3.05, 3.63) is 29.8 Å². The quantitative estimate of drug-likeness (QED) is 0.689. The van der Waals surface area contributed by atoms with Gasteiger partial charge in [-0.1, -0.05) is 12.1 Å². The van der Waals surface area contributed by atoms with Crippen molar-refractivity contribution < 1.29 is 14.1 Å². The van der Waals surface area contributed by atoms with Gasteiger partial charge in [0.15, 0.2) is 0 Å². The van der Waals surface area contributed by atoms with Gasteiger partial charge in [-0.15, -0.1) is 0 Å². The Morgan fingerprint density at radius 3 is 2.24 bits per heavy atom. The van der Waals surface area contributed by atoms with Gasteiger partial charge < -0.3 is 14.2 Å². The van der Waals surface area contributed by atoms with Gasteiger partial charge in [-0.05, 0) is 72.8 Å². The molecule has 0 saturated carbocycles. The molecule has 1 aromatic rings. The number of carbonyl (C=O) groups excluding carboxylic acids is 1. The van der Waals surface area contributed by atoms with Gasteiger partial charge in [0.1, 0.15) is 11.4 Å². The molecule has 0 saturated heterocycles. The molecule has 1 rings (SSSR count). The summed E-state index contributed by atoms with van der Waals surface area (Å²) in [5.74, 6) is 0.506. The summed E-state index contributed by atoms with van der Waals surface area (Å²) in [4.78, 5) is 10.6. The molecule has 0 N–H and O–H groups in total. The molecule has 0 aliphatic rings. The lowest BCUT2D eigenvalue weighted by Crippen LogP contribution is -2.33. The van der Waals surface area contributed by atoms with E-state index in [0.717, 1.165) is 5.56 Å². The maximum absolute atomic E-state index is 11.9. The van der Waals surface area contributed by atoms with Gasteiger partial charge in [-0.3, -0.25) is 0 Å². The van der Waals surface area contributed by atoms with Crippen molar-refractivity contribution in [2.75, 3.05) is 7.05 Å². The Balaban J connectivity index is 2.63. The van der Waals surface area contributed by atoms with Crippen LogP contribution in [-0.2, 0) is 23.1 Å². The van der Waals surface area contributed by atoms with Crippen molar-refractivity contribution in [2.24, 2.45) is 0 Å². The standard InChI is InChI=1S/C13H18Cl2NO3PS/c1-13(2,3)18-12(17)16(4)9-10-5-7-11(8-6-10)19-20(14,15)21/h5-8H,9H2,1-4H3. The average Bonchev–Trinajstić information content (AvgIpc) is 2.27. The molecule has 0 bridgehead atoms. The predicted octanol–water partition coefficient (Wildman–Crippen LogP) is 5.13. The molecule has 1 amide bonds. The van der Waals surface area contributed by atoms with E-state index in [1.54, 1.807) is 19.2 Å². The summed E-state index contributed by atoms with van der Waals surface area (Å²) in [5.41, 5.74) is 0.411. The fraction of sp³-hybridized carbons (Fsp3) is 0.462. The normalized spacial score (nSPS) is 11.9. The molecule has 118 valence electrons. The van der Waals surface area contributed by atoms with Gasteiger partial charge in [0.05, 0.1) is 0 Å². The first-order valence-electron chi connectivity index (χ1n) is 6.18. The van der Waals surface area contributed by atoms with Crippen molar-refractivity contribution >= 4 is 45.4 Å². The van der Waals surface area contributed by atoms with Gasteiger partial charge >= 0.3 is 6.09 Å². The summed E-state index contributed by atoms with van der Waals surface area (Å²) in [7, 11) is 1.68. The first kappa shape index (κ1) is 18.6. The van der Waals surface area contributed by atoms with Crippen LogP contribution in [0, 0.1) is 0 Å². The molecule has 0 aromatic heterocycles. The molecule has 0 aliphatic heterocycles. The van der Waals surface area contributed by atoms with Crippen molar-refractivity contribution in [3.8, 4) is 5.75 Å². The lowest BCUT2D eigenvalue weighted by molar-refractivity contribution is 0.0285. The van der Waals surface area contributed by atoms with Crippen LogP contribution in [0.25, 0.3) is 0 Å². The van der Waals surface area contributed by atoms with Crippen molar-refractivity contribution in [2.45, 2.75) is 32.9 Å². The number of carbonyl (C=O) groups is 1. The monoisotopic (exact) mass is 369 g/mol. The molecule has 21 heavy (non-hydrogen) atoms. The molecule has 0 spiro atoms. The zero-order chi connectivity index (χ0) is 16.3. The summed E-state index contributed by atoms with van der Waals surface area (Å²) in [6.45, 7) is 5.90. The van der Waals surface area contributed by atoms with E-state index in [2.05, 4.69) is 0 Å². The molecule has 4 nitrogen and oxygen atoms in total. The Hall–Kier alpha value is -0.480. The summed E-state index contributed by atoms with van der Waals surface area (Å²) in [5, 5.41) is 0. The van der Waals surface area contributed by atoms with Crippen LogP contribution < -0.4 is 4.52 Å². The van der Waals surface area contributed by atoms with Gasteiger partial charge in [-0.25, -0.2) is 4.79 Å². The van der Waals surface area contributed by atoms with Crippen LogP contribution in [0.15, 0.2) is 24.3 Å². The van der Waals surface area contributed by atoms with Gasteiger partial charge in [-0.2, -0.15) is 0 Å². The molecule has 8 heteroatoms. The van der Waals surface area contributed by atoms with Gasteiger partial charge in [0.25, 0.3) is 4.97 Å². The van der Waals surface area contributed by atoms with Crippen molar-refractivity contribution in [1.82, 2.24) is 4.90 Å². The molecule has 0 aliphatic carbocycles. The lowest BCUT2D eigenvalue weighted by Gasteiger charge is -2.24. The topological polar surface area (TPSA) is 38.8 Å². The third-order valence-electron chi connectivity index (χ3n) is 2.26. The predicted molar refractivity (Wildman–Crippen MR) is 90.8 cm³/mol. The molecule has 0 heterocycles. The SMILES string of the molecule is CN(Cc1ccc(OP(=S)(Cl)Cl)cc1)C(=O)OC(C)(C)C. The third-order valence-corrected chi connectivity index (χ3v) is 3.32. The number of ether oxygens (including phenoxy) is 1. The second-order valence-electron chi connectivity index (χ2n) is 5.49. The number of halogens is 2. The summed E-state index contributed by atoms with van der Waals surface area (Å²) in [6, 6.07) is 7.05. The van der Waals surface area contributed by atoms with E-state index in [4.69, 9.17) is 43.5 Å². The fourth-order valence-corrected chi connectivity index (χ4v) is 2.56. The van der Waals surface area contributed by atoms with E-state index in [9.17, 15) is 4.79 Å². The molecular weight excluding hydrogens is 352 g/mol. The Kier molecular flexibility index (Phi) is 6.36. The number of hydrogen-bond acceptors (Lipinski definition) is 4. The van der Waals surface area contributed by atoms with Crippen LogP contribution >= 0.6 is 27.5 Å². The molecular formula is C13H18Cl2NO3PS. The maximum Gasteiger partial charge on any atom is 0.410 e. The van der Waals surface area contributed by atoms with Crippen molar-refractivity contribution in [3.63, 3.8) is 0 Å². The number of benzene rings is 1. The first-order valence-corrected chi connectivity index (χ1v) is 10.7. The summed E-state index contributed by atoms with van der Waals surface area (Å²) in [6.07, 6.45) is -0.375. The highest BCUT2D eigenvalue weighted by Crippen LogP contribution is 2.57. The Bertz CT molecular complexity index is 539. The summed E-state index contributed by atoms with van der Waals surface area (Å²) < 4.78 is 10.5. The highest BCUT2D eigenvalue weighted by atomic mass is 35.9. The van der Waals surface area contributed by atoms with E-state index in [1.807, 2.05) is 32.9 Å². The van der Waals surface area contributed by atoms with Crippen LogP contribution in [0.1, 0.15) is 26.3 Å². The number of rotatable bonds is 4. The minimum Gasteiger partial charge on any atom is -0.444 e. The fourth-order valence-electron chi connectivity index (χ4n) is 1.46. The van der Waals surface area contributed by atoms with Crippen LogP contribution in [0.4, 0.5) is 4.79 Å². The van der Waals surface area contributed by atoms with Gasteiger partial charge in [0, 0.05) is 13.6 Å². The Morgan fingerprint density at radius 2 is 1.81 bits per heavy atom. The number of nitrogens with zero attached hydrogens (tertiary/aromatic N) is 1. The molecule has 0 atom stereocenters. The van der Waals surface area contributed by atoms with Crippen LogP contribution in [0.3, 0.4) is 0 Å². The maximum atomic E-state index is 11.9. The lowest BCUT2D eigenvalue weighted by atomic mass is 10.2. The third kappa shape index (κ3) is 7.91. The van der Waals surface area contributed by atoms with Crippen molar-refractivity contribution in [1.29, 1.82) is 0 Å². The zero-order valence-corrected chi connectivity index (χ0v) is 15.5. The highest BCUT2D eigenvalue weighted by molar-refractivity contribution is 8.36. The van der Waals surface area contributed by atoms with E-state index in [0.29, 0.717) is 12.3 Å². The Labute approximate surface area is 140 Å².